The van der Waals surface area contributed by atoms with Crippen LogP contribution < -0.4 is 0 Å². The number of rotatable bonds is 0. The van der Waals surface area contributed by atoms with Gasteiger partial charge in [0.1, 0.15) is 17.3 Å². The normalized spacial score (nSPS) is 40.0. The highest BCUT2D eigenvalue weighted by atomic mass is 16.1. The molecule has 3 aliphatic rings. The summed E-state index contributed by atoms with van der Waals surface area (Å²) in [6.45, 7) is 2.09. The van der Waals surface area contributed by atoms with Gasteiger partial charge in [0.25, 0.3) is 0 Å². The van der Waals surface area contributed by atoms with Crippen LogP contribution in [0.15, 0.2) is 0 Å². The molecule has 4 atom stereocenters. The van der Waals surface area contributed by atoms with Crippen molar-refractivity contribution in [3.63, 3.8) is 0 Å². The van der Waals surface area contributed by atoms with Crippen LogP contribution in [0, 0.1) is 35.0 Å². The van der Waals surface area contributed by atoms with E-state index in [1.165, 1.54) is 0 Å². The minimum Gasteiger partial charge on any atom is -0.299 e. The predicted octanol–water partition coefficient (Wildman–Crippen LogP) is 2.71. The summed E-state index contributed by atoms with van der Waals surface area (Å²) < 4.78 is 0. The molecule has 0 saturated heterocycles. The Labute approximate surface area is 125 Å². The molecule has 3 aliphatic carbocycles. The van der Waals surface area contributed by atoms with Crippen molar-refractivity contribution in [3.05, 3.63) is 0 Å². The molecule has 3 heteroatoms. The number of fused-ring (bicyclic) bond motifs is 3. The van der Waals surface area contributed by atoms with Crippen molar-refractivity contribution in [1.82, 2.24) is 0 Å². The van der Waals surface area contributed by atoms with Crippen LogP contribution in [0.4, 0.5) is 0 Å². The zero-order valence-corrected chi connectivity index (χ0v) is 12.6. The van der Waals surface area contributed by atoms with Crippen molar-refractivity contribution in [2.24, 2.45) is 23.2 Å². The lowest BCUT2D eigenvalue weighted by atomic mass is 9.58. The van der Waals surface area contributed by atoms with Gasteiger partial charge in [0, 0.05) is 37.0 Å². The van der Waals surface area contributed by atoms with Gasteiger partial charge in [-0.05, 0) is 31.1 Å². The molecule has 2 saturated carbocycles. The highest BCUT2D eigenvalue weighted by Gasteiger charge is 2.54. The number of carbonyl (C=O) groups is 3. The second kappa shape index (κ2) is 5.40. The molecule has 4 unspecified atom stereocenters. The minimum atomic E-state index is -0.233. The molecule has 21 heavy (non-hydrogen) atoms. The molecule has 0 amide bonds. The van der Waals surface area contributed by atoms with E-state index >= 15 is 0 Å². The Morgan fingerprint density at radius 1 is 1.05 bits per heavy atom. The van der Waals surface area contributed by atoms with Gasteiger partial charge in [-0.15, -0.1) is 5.92 Å². The van der Waals surface area contributed by atoms with E-state index in [1.807, 2.05) is 0 Å². The van der Waals surface area contributed by atoms with Crippen LogP contribution in [0.3, 0.4) is 0 Å². The van der Waals surface area contributed by atoms with E-state index in [4.69, 9.17) is 0 Å². The Hall–Kier alpha value is -1.43. The van der Waals surface area contributed by atoms with Crippen molar-refractivity contribution >= 4 is 17.3 Å². The van der Waals surface area contributed by atoms with E-state index < -0.39 is 0 Å². The van der Waals surface area contributed by atoms with Gasteiger partial charge in [-0.25, -0.2) is 0 Å². The van der Waals surface area contributed by atoms with E-state index in [9.17, 15) is 14.4 Å². The standard InChI is InChI=1S/C18H22O3/c1-18-11-10-14-13(15(18)7-9-17(18)21)5-3-2-4-12(19)6-8-16(14)20/h13-15H,4-11H2,1H3. The van der Waals surface area contributed by atoms with Crippen LogP contribution in [0.1, 0.15) is 58.3 Å². The molecule has 0 N–H and O–H groups in total. The van der Waals surface area contributed by atoms with Gasteiger partial charge in [-0.2, -0.15) is 0 Å². The Balaban J connectivity index is 1.90. The first kappa shape index (κ1) is 14.5. The van der Waals surface area contributed by atoms with Crippen LogP contribution in [0.25, 0.3) is 0 Å². The van der Waals surface area contributed by atoms with E-state index in [0.717, 1.165) is 19.3 Å². The molecule has 0 spiro atoms. The summed E-state index contributed by atoms with van der Waals surface area (Å²) in [5.41, 5.74) is -0.233. The van der Waals surface area contributed by atoms with Gasteiger partial charge >= 0.3 is 0 Å². The van der Waals surface area contributed by atoms with Crippen molar-refractivity contribution in [2.75, 3.05) is 0 Å². The quantitative estimate of drug-likeness (QED) is 0.643. The fourth-order valence-corrected chi connectivity index (χ4v) is 4.63. The van der Waals surface area contributed by atoms with Gasteiger partial charge < -0.3 is 0 Å². The molecular weight excluding hydrogens is 264 g/mol. The highest BCUT2D eigenvalue weighted by molar-refractivity contribution is 5.90. The molecule has 0 bridgehead atoms. The third-order valence-electron chi connectivity index (χ3n) is 5.96. The minimum absolute atomic E-state index is 0.00850. The van der Waals surface area contributed by atoms with Gasteiger partial charge in [0.05, 0.1) is 6.42 Å². The first-order chi connectivity index (χ1) is 10.0. The van der Waals surface area contributed by atoms with E-state index in [1.54, 1.807) is 0 Å². The summed E-state index contributed by atoms with van der Waals surface area (Å²) in [5.74, 6) is 7.27. The Morgan fingerprint density at radius 2 is 1.86 bits per heavy atom. The molecule has 0 heterocycles. The zero-order valence-electron chi connectivity index (χ0n) is 12.6. The van der Waals surface area contributed by atoms with Gasteiger partial charge in [-0.1, -0.05) is 12.8 Å². The number of ketones is 3. The van der Waals surface area contributed by atoms with E-state index in [0.29, 0.717) is 37.4 Å². The van der Waals surface area contributed by atoms with Crippen LogP contribution in [-0.2, 0) is 14.4 Å². The molecule has 3 rings (SSSR count). The second-order valence-corrected chi connectivity index (χ2v) is 7.03. The number of Topliss-reactive ketones (excluding diaryl/α,β-unsaturated/α-hetero) is 3. The Kier molecular flexibility index (Phi) is 3.73. The molecule has 0 aromatic rings. The topological polar surface area (TPSA) is 51.2 Å². The Bertz CT molecular complexity index is 551. The predicted molar refractivity (Wildman–Crippen MR) is 78.3 cm³/mol. The van der Waals surface area contributed by atoms with Gasteiger partial charge in [-0.3, -0.25) is 14.4 Å². The first-order valence-electron chi connectivity index (χ1n) is 8.06. The average Bonchev–Trinajstić information content (AvgIpc) is 2.76. The third-order valence-corrected chi connectivity index (χ3v) is 5.96. The summed E-state index contributed by atoms with van der Waals surface area (Å²) in [6, 6.07) is 0. The summed E-state index contributed by atoms with van der Waals surface area (Å²) in [4.78, 5) is 36.3. The van der Waals surface area contributed by atoms with Crippen molar-refractivity contribution in [3.8, 4) is 11.8 Å². The molecule has 0 aromatic heterocycles. The summed E-state index contributed by atoms with van der Waals surface area (Å²) in [7, 11) is 0. The summed E-state index contributed by atoms with van der Waals surface area (Å²) in [5, 5.41) is 0. The van der Waals surface area contributed by atoms with E-state index in [-0.39, 0.29) is 35.2 Å². The van der Waals surface area contributed by atoms with Crippen LogP contribution in [0.5, 0.6) is 0 Å². The molecular formula is C18H22O3. The SMILES string of the molecule is CC12CCC3C(=O)CCC(=O)CC#CCC3C1CCC2=O. The fourth-order valence-electron chi connectivity index (χ4n) is 4.63. The molecule has 112 valence electrons. The lowest BCUT2D eigenvalue weighted by Crippen LogP contribution is -2.44. The Morgan fingerprint density at radius 3 is 2.67 bits per heavy atom. The van der Waals surface area contributed by atoms with Gasteiger partial charge in [0.15, 0.2) is 0 Å². The zero-order chi connectivity index (χ0) is 15.0. The van der Waals surface area contributed by atoms with Crippen LogP contribution in [0.2, 0.25) is 0 Å². The second-order valence-electron chi connectivity index (χ2n) is 7.03. The highest BCUT2D eigenvalue weighted by Crippen LogP contribution is 2.55. The molecule has 2 fully saturated rings. The first-order valence-corrected chi connectivity index (χ1v) is 8.06. The number of hydrogen-bond acceptors (Lipinski definition) is 3. The maximum atomic E-state index is 12.5. The maximum absolute atomic E-state index is 12.5. The molecule has 0 aliphatic heterocycles. The smallest absolute Gasteiger partial charge is 0.145 e. The van der Waals surface area contributed by atoms with Crippen LogP contribution in [-0.4, -0.2) is 17.3 Å². The third kappa shape index (κ3) is 2.46. The van der Waals surface area contributed by atoms with Crippen molar-refractivity contribution in [2.45, 2.75) is 58.3 Å². The maximum Gasteiger partial charge on any atom is 0.145 e. The van der Waals surface area contributed by atoms with Crippen molar-refractivity contribution < 1.29 is 14.4 Å². The average molecular weight is 286 g/mol. The van der Waals surface area contributed by atoms with Crippen molar-refractivity contribution in [1.29, 1.82) is 0 Å². The monoisotopic (exact) mass is 286 g/mol. The van der Waals surface area contributed by atoms with Gasteiger partial charge in [0.2, 0.25) is 0 Å². The number of carbonyl (C=O) groups excluding carboxylic acids is 3. The largest absolute Gasteiger partial charge is 0.299 e. The lowest BCUT2D eigenvalue weighted by Gasteiger charge is -2.44. The summed E-state index contributed by atoms with van der Waals surface area (Å²) >= 11 is 0. The molecule has 0 radical (unpaired) electrons. The lowest BCUT2D eigenvalue weighted by molar-refractivity contribution is -0.136. The van der Waals surface area contributed by atoms with E-state index in [2.05, 4.69) is 18.8 Å². The molecule has 3 nitrogen and oxygen atoms in total. The fraction of sp³-hybridized carbons (Fsp3) is 0.722. The summed E-state index contributed by atoms with van der Waals surface area (Å²) in [6.07, 6.45) is 4.80. The molecule has 0 aromatic carbocycles. The number of hydrogen-bond donors (Lipinski definition) is 0. The van der Waals surface area contributed by atoms with Crippen LogP contribution >= 0.6 is 0 Å².